The van der Waals surface area contributed by atoms with E-state index in [-0.39, 0.29) is 6.04 Å². The van der Waals surface area contributed by atoms with Crippen LogP contribution in [0.15, 0.2) is 60.9 Å². The van der Waals surface area contributed by atoms with E-state index in [0.29, 0.717) is 12.5 Å². The molecule has 34 heavy (non-hydrogen) atoms. The van der Waals surface area contributed by atoms with Crippen molar-refractivity contribution in [2.75, 3.05) is 37.4 Å². The summed E-state index contributed by atoms with van der Waals surface area (Å²) in [5, 5.41) is 3.54. The van der Waals surface area contributed by atoms with Crippen LogP contribution in [0.25, 0.3) is 11.2 Å². The van der Waals surface area contributed by atoms with Gasteiger partial charge in [-0.05, 0) is 46.0 Å². The second-order valence-electron chi connectivity index (χ2n) is 9.34. The van der Waals surface area contributed by atoms with Crippen LogP contribution < -0.4 is 10.2 Å². The number of hydrogen-bond donors (Lipinski definition) is 1. The summed E-state index contributed by atoms with van der Waals surface area (Å²) in [6, 6.07) is 19.3. The van der Waals surface area contributed by atoms with E-state index in [1.165, 1.54) is 16.7 Å². The molecule has 1 N–H and O–H groups in total. The van der Waals surface area contributed by atoms with Crippen LogP contribution in [0, 0.1) is 6.92 Å². The second-order valence-corrected chi connectivity index (χ2v) is 9.34. The number of fused-ring (bicyclic) bond motifs is 1. The van der Waals surface area contributed by atoms with Crippen LogP contribution in [0.4, 0.5) is 11.8 Å². The van der Waals surface area contributed by atoms with Crippen molar-refractivity contribution in [1.82, 2.24) is 24.4 Å². The second kappa shape index (κ2) is 10.7. The first kappa shape index (κ1) is 23.7. The monoisotopic (exact) mass is 457 g/mol. The van der Waals surface area contributed by atoms with Gasteiger partial charge in [-0.3, -0.25) is 0 Å². The van der Waals surface area contributed by atoms with Crippen molar-refractivity contribution in [3.8, 4) is 0 Å². The summed E-state index contributed by atoms with van der Waals surface area (Å²) in [6.45, 7) is 9.55. The molecule has 0 amide bonds. The molecule has 7 nitrogen and oxygen atoms in total. The van der Waals surface area contributed by atoms with Crippen LogP contribution in [0.3, 0.4) is 0 Å². The highest BCUT2D eigenvalue weighted by molar-refractivity contribution is 5.84. The summed E-state index contributed by atoms with van der Waals surface area (Å²) in [7, 11) is 4.18. The third-order valence-electron chi connectivity index (χ3n) is 5.86. The minimum Gasteiger partial charge on any atom is -0.364 e. The predicted molar refractivity (Wildman–Crippen MR) is 140 cm³/mol. The average Bonchev–Trinajstić information content (AvgIpc) is 3.26. The molecule has 4 rings (SSSR count). The summed E-state index contributed by atoms with van der Waals surface area (Å²) in [5.74, 6) is 1.48. The van der Waals surface area contributed by atoms with E-state index >= 15 is 0 Å². The van der Waals surface area contributed by atoms with Crippen molar-refractivity contribution < 1.29 is 0 Å². The summed E-state index contributed by atoms with van der Waals surface area (Å²) in [5.41, 5.74) is 5.35. The minimum absolute atomic E-state index is 0.252. The fourth-order valence-electron chi connectivity index (χ4n) is 3.81. The SMILES string of the molecule is Cc1ccc(CNc2nc(N(CCN(C)C)Cc3ccccc3)nc3c2ncn3C(C)C)cc1. The number of rotatable bonds is 10. The Labute approximate surface area is 202 Å². The number of hydrogen-bond acceptors (Lipinski definition) is 6. The number of nitrogens with one attached hydrogen (secondary N) is 1. The Kier molecular flexibility index (Phi) is 7.43. The van der Waals surface area contributed by atoms with Gasteiger partial charge in [-0.2, -0.15) is 9.97 Å². The van der Waals surface area contributed by atoms with E-state index in [1.807, 2.05) is 12.4 Å². The normalized spacial score (nSPS) is 11.5. The van der Waals surface area contributed by atoms with Gasteiger partial charge in [-0.25, -0.2) is 4.98 Å². The number of aromatic nitrogens is 4. The minimum atomic E-state index is 0.252. The molecular formula is C27H35N7. The Morgan fingerprint density at radius 2 is 1.65 bits per heavy atom. The first-order chi connectivity index (χ1) is 16.4. The lowest BCUT2D eigenvalue weighted by Crippen LogP contribution is -2.32. The molecule has 7 heteroatoms. The van der Waals surface area contributed by atoms with Crippen LogP contribution >= 0.6 is 0 Å². The maximum absolute atomic E-state index is 5.01. The number of anilines is 2. The molecule has 0 unspecified atom stereocenters. The Morgan fingerprint density at radius 1 is 0.912 bits per heavy atom. The standard InChI is InChI=1S/C27H35N7/c1-20(2)34-19-29-24-25(28-17-22-13-11-21(3)12-14-22)30-27(31-26(24)34)33(16-15-32(4)5)18-23-9-7-6-8-10-23/h6-14,19-20H,15-18H2,1-5H3,(H,28,30,31). The molecule has 0 spiro atoms. The van der Waals surface area contributed by atoms with Gasteiger partial charge >= 0.3 is 0 Å². The van der Waals surface area contributed by atoms with Crippen LogP contribution in [-0.4, -0.2) is 51.6 Å². The Balaban J connectivity index is 1.72. The predicted octanol–water partition coefficient (Wildman–Crippen LogP) is 4.90. The summed E-state index contributed by atoms with van der Waals surface area (Å²) in [6.07, 6.45) is 1.87. The number of aryl methyl sites for hydroxylation is 1. The molecule has 2 aromatic carbocycles. The Bertz CT molecular complexity index is 1200. The third kappa shape index (κ3) is 5.72. The highest BCUT2D eigenvalue weighted by atomic mass is 15.3. The van der Waals surface area contributed by atoms with Crippen molar-refractivity contribution in [2.45, 2.75) is 39.9 Å². The number of nitrogens with zero attached hydrogens (tertiary/aromatic N) is 6. The molecule has 0 bridgehead atoms. The lowest BCUT2D eigenvalue weighted by Gasteiger charge is -2.25. The summed E-state index contributed by atoms with van der Waals surface area (Å²) >= 11 is 0. The highest BCUT2D eigenvalue weighted by Gasteiger charge is 2.19. The lowest BCUT2D eigenvalue weighted by molar-refractivity contribution is 0.411. The van der Waals surface area contributed by atoms with E-state index in [4.69, 9.17) is 9.97 Å². The first-order valence-corrected chi connectivity index (χ1v) is 11.9. The zero-order valence-electron chi connectivity index (χ0n) is 20.9. The molecule has 0 saturated carbocycles. The van der Waals surface area contributed by atoms with Gasteiger partial charge in [-0.15, -0.1) is 0 Å². The molecule has 0 atom stereocenters. The van der Waals surface area contributed by atoms with Crippen molar-refractivity contribution in [3.63, 3.8) is 0 Å². The smallest absolute Gasteiger partial charge is 0.229 e. The van der Waals surface area contributed by atoms with Crippen LogP contribution in [0.1, 0.15) is 36.6 Å². The maximum atomic E-state index is 5.01. The fraction of sp³-hybridized carbons (Fsp3) is 0.370. The van der Waals surface area contributed by atoms with Crippen LogP contribution in [0.2, 0.25) is 0 Å². The molecule has 0 radical (unpaired) electrons. The first-order valence-electron chi connectivity index (χ1n) is 11.9. The van der Waals surface area contributed by atoms with Crippen molar-refractivity contribution in [2.24, 2.45) is 0 Å². The van der Waals surface area contributed by atoms with Gasteiger partial charge in [0.05, 0.1) is 6.33 Å². The van der Waals surface area contributed by atoms with Crippen molar-refractivity contribution in [3.05, 3.63) is 77.6 Å². The lowest BCUT2D eigenvalue weighted by atomic mass is 10.1. The molecule has 2 aromatic heterocycles. The number of imidazole rings is 1. The largest absolute Gasteiger partial charge is 0.364 e. The summed E-state index contributed by atoms with van der Waals surface area (Å²) in [4.78, 5) is 19.1. The van der Waals surface area contributed by atoms with Crippen LogP contribution in [-0.2, 0) is 13.1 Å². The average molecular weight is 458 g/mol. The molecule has 0 aliphatic rings. The number of likely N-dealkylation sites (N-methyl/N-ethyl adjacent to an activating group) is 1. The topological polar surface area (TPSA) is 62.1 Å². The molecule has 178 valence electrons. The fourth-order valence-corrected chi connectivity index (χ4v) is 3.81. The van der Waals surface area contributed by atoms with Crippen molar-refractivity contribution in [1.29, 1.82) is 0 Å². The van der Waals surface area contributed by atoms with Gasteiger partial charge in [0.2, 0.25) is 5.95 Å². The van der Waals surface area contributed by atoms with E-state index in [0.717, 1.165) is 36.6 Å². The van der Waals surface area contributed by atoms with Crippen LogP contribution in [0.5, 0.6) is 0 Å². The van der Waals surface area contributed by atoms with E-state index in [9.17, 15) is 0 Å². The number of benzene rings is 2. The zero-order valence-corrected chi connectivity index (χ0v) is 20.9. The highest BCUT2D eigenvalue weighted by Crippen LogP contribution is 2.26. The van der Waals surface area contributed by atoms with E-state index in [2.05, 4.69) is 108 Å². The molecule has 0 aliphatic heterocycles. The van der Waals surface area contributed by atoms with Gasteiger partial charge in [0.25, 0.3) is 0 Å². The van der Waals surface area contributed by atoms with Gasteiger partial charge in [0.1, 0.15) is 0 Å². The molecule has 0 aliphatic carbocycles. The van der Waals surface area contributed by atoms with Gasteiger partial charge in [-0.1, -0.05) is 60.2 Å². The maximum Gasteiger partial charge on any atom is 0.229 e. The third-order valence-corrected chi connectivity index (χ3v) is 5.86. The summed E-state index contributed by atoms with van der Waals surface area (Å²) < 4.78 is 2.12. The molecular weight excluding hydrogens is 422 g/mol. The van der Waals surface area contributed by atoms with Gasteiger partial charge in [0, 0.05) is 32.2 Å². The van der Waals surface area contributed by atoms with Crippen molar-refractivity contribution >= 4 is 22.9 Å². The quantitative estimate of drug-likeness (QED) is 0.366. The molecule has 0 saturated heterocycles. The van der Waals surface area contributed by atoms with Gasteiger partial charge in [0.15, 0.2) is 17.0 Å². The molecule has 2 heterocycles. The zero-order chi connectivity index (χ0) is 24.1. The Hall–Kier alpha value is -3.45. The molecule has 0 fully saturated rings. The van der Waals surface area contributed by atoms with E-state index in [1.54, 1.807) is 0 Å². The molecule has 4 aromatic rings. The Morgan fingerprint density at radius 3 is 2.32 bits per heavy atom. The van der Waals surface area contributed by atoms with E-state index < -0.39 is 0 Å². The van der Waals surface area contributed by atoms with Gasteiger partial charge < -0.3 is 19.7 Å².